The van der Waals surface area contributed by atoms with E-state index in [1.165, 1.54) is 0 Å². The van der Waals surface area contributed by atoms with Crippen LogP contribution in [-0.2, 0) is 4.74 Å². The van der Waals surface area contributed by atoms with Crippen molar-refractivity contribution in [2.24, 2.45) is 11.3 Å². The fourth-order valence-corrected chi connectivity index (χ4v) is 2.74. The molecule has 0 saturated heterocycles. The van der Waals surface area contributed by atoms with Crippen molar-refractivity contribution >= 4 is 11.6 Å². The van der Waals surface area contributed by atoms with Crippen molar-refractivity contribution in [1.82, 2.24) is 5.32 Å². The van der Waals surface area contributed by atoms with Gasteiger partial charge in [0.1, 0.15) is 0 Å². The van der Waals surface area contributed by atoms with Crippen LogP contribution in [0, 0.1) is 12.3 Å². The first-order valence-corrected chi connectivity index (χ1v) is 6.81. The number of methoxy groups -OCH3 is 1. The molecule has 1 aromatic rings. The van der Waals surface area contributed by atoms with Crippen molar-refractivity contribution in [3.8, 4) is 0 Å². The van der Waals surface area contributed by atoms with Gasteiger partial charge in [-0.25, -0.2) is 0 Å². The van der Waals surface area contributed by atoms with Gasteiger partial charge >= 0.3 is 0 Å². The third-order valence-corrected chi connectivity index (χ3v) is 4.34. The summed E-state index contributed by atoms with van der Waals surface area (Å²) >= 11 is 0. The number of nitrogens with two attached hydrogens (primary N) is 1. The number of aryl methyl sites for hydroxylation is 1. The predicted molar refractivity (Wildman–Crippen MR) is 79.4 cm³/mol. The summed E-state index contributed by atoms with van der Waals surface area (Å²) < 4.78 is 5.40. The average Bonchev–Trinajstić information content (AvgIpc) is 2.42. The molecule has 20 heavy (non-hydrogen) atoms. The Morgan fingerprint density at radius 2 is 2.15 bits per heavy atom. The summed E-state index contributed by atoms with van der Waals surface area (Å²) in [6, 6.07) is 5.68. The van der Waals surface area contributed by atoms with Crippen LogP contribution in [0.2, 0.25) is 0 Å². The third kappa shape index (κ3) is 2.51. The number of hydrogen-bond donors (Lipinski definition) is 3. The Kier molecular flexibility index (Phi) is 4.01. The quantitative estimate of drug-likeness (QED) is 0.579. The molecular formula is C15H23N3O2. The molecule has 1 aliphatic carbocycles. The minimum Gasteiger partial charge on any atom is -0.381 e. The number of ether oxygens (including phenoxy) is 1. The topological polar surface area (TPSA) is 76.4 Å². The van der Waals surface area contributed by atoms with Gasteiger partial charge in [0, 0.05) is 18.6 Å². The van der Waals surface area contributed by atoms with Gasteiger partial charge in [0.25, 0.3) is 5.91 Å². The molecular weight excluding hydrogens is 254 g/mol. The highest BCUT2D eigenvalue weighted by Crippen LogP contribution is 2.42. The normalized spacial score (nSPS) is 23.9. The highest BCUT2D eigenvalue weighted by molar-refractivity contribution is 6.00. The van der Waals surface area contributed by atoms with Crippen LogP contribution in [-0.4, -0.2) is 25.2 Å². The number of benzene rings is 1. The number of hydrazine groups is 1. The van der Waals surface area contributed by atoms with Crippen molar-refractivity contribution in [1.29, 1.82) is 0 Å². The molecule has 0 aliphatic heterocycles. The molecule has 110 valence electrons. The zero-order valence-corrected chi connectivity index (χ0v) is 12.5. The van der Waals surface area contributed by atoms with Gasteiger partial charge in [0.2, 0.25) is 0 Å². The maximum Gasteiger partial charge on any atom is 0.253 e. The van der Waals surface area contributed by atoms with E-state index >= 15 is 0 Å². The monoisotopic (exact) mass is 277 g/mol. The minimum absolute atomic E-state index is 0.0511. The number of rotatable bonds is 4. The van der Waals surface area contributed by atoms with E-state index in [2.05, 4.69) is 24.6 Å². The van der Waals surface area contributed by atoms with Crippen molar-refractivity contribution in [2.75, 3.05) is 12.5 Å². The van der Waals surface area contributed by atoms with Gasteiger partial charge < -0.3 is 15.5 Å². The van der Waals surface area contributed by atoms with E-state index in [0.717, 1.165) is 12.0 Å². The summed E-state index contributed by atoms with van der Waals surface area (Å²) in [6.45, 7) is 6.16. The Labute approximate surface area is 119 Å². The number of carbonyl (C=O) groups excluding carboxylic acids is 1. The zero-order chi connectivity index (χ0) is 14.9. The SMILES string of the molecule is COC1CC(NC(=O)c2cc(C)ccc2NN)C1(C)C. The van der Waals surface area contributed by atoms with Gasteiger partial charge in [0.15, 0.2) is 0 Å². The van der Waals surface area contributed by atoms with Crippen LogP contribution in [0.4, 0.5) is 5.69 Å². The zero-order valence-electron chi connectivity index (χ0n) is 12.5. The molecule has 4 N–H and O–H groups in total. The summed E-state index contributed by atoms with van der Waals surface area (Å²) in [5.74, 6) is 5.36. The smallest absolute Gasteiger partial charge is 0.253 e. The summed E-state index contributed by atoms with van der Waals surface area (Å²) in [5, 5.41) is 3.07. The fraction of sp³-hybridized carbons (Fsp3) is 0.533. The lowest BCUT2D eigenvalue weighted by Crippen LogP contribution is -2.61. The first-order chi connectivity index (χ1) is 9.40. The van der Waals surface area contributed by atoms with Crippen LogP contribution in [0.1, 0.15) is 36.2 Å². The molecule has 2 unspecified atom stereocenters. The minimum atomic E-state index is -0.103. The Hall–Kier alpha value is -1.59. The number of nitrogens with one attached hydrogen (secondary N) is 2. The van der Waals surface area contributed by atoms with Crippen molar-refractivity contribution < 1.29 is 9.53 Å². The van der Waals surface area contributed by atoms with E-state index < -0.39 is 0 Å². The molecule has 5 nitrogen and oxygen atoms in total. The van der Waals surface area contributed by atoms with Gasteiger partial charge in [-0.1, -0.05) is 25.5 Å². The Bertz CT molecular complexity index is 514. The van der Waals surface area contributed by atoms with E-state index in [1.54, 1.807) is 7.11 Å². The second-order valence-corrected chi connectivity index (χ2v) is 6.00. The van der Waals surface area contributed by atoms with Crippen LogP contribution < -0.4 is 16.6 Å². The lowest BCUT2D eigenvalue weighted by Gasteiger charge is -2.51. The number of hydrogen-bond acceptors (Lipinski definition) is 4. The van der Waals surface area contributed by atoms with Gasteiger partial charge in [-0.05, 0) is 25.5 Å². The molecule has 0 bridgehead atoms. The molecule has 1 amide bonds. The van der Waals surface area contributed by atoms with Crippen molar-refractivity contribution in [2.45, 2.75) is 39.3 Å². The number of amides is 1. The summed E-state index contributed by atoms with van der Waals surface area (Å²) in [6.07, 6.45) is 1.03. The largest absolute Gasteiger partial charge is 0.381 e. The number of carbonyl (C=O) groups is 1. The number of anilines is 1. The van der Waals surface area contributed by atoms with Crippen LogP contribution >= 0.6 is 0 Å². The summed E-state index contributed by atoms with van der Waals surface area (Å²) in [7, 11) is 1.71. The van der Waals surface area contributed by atoms with E-state index in [-0.39, 0.29) is 23.5 Å². The fourth-order valence-electron chi connectivity index (χ4n) is 2.74. The molecule has 1 aliphatic rings. The van der Waals surface area contributed by atoms with E-state index in [4.69, 9.17) is 10.6 Å². The third-order valence-electron chi connectivity index (χ3n) is 4.34. The van der Waals surface area contributed by atoms with Gasteiger partial charge in [-0.2, -0.15) is 0 Å². The molecule has 0 heterocycles. The number of nitrogen functional groups attached to an aromatic ring is 1. The van der Waals surface area contributed by atoms with Crippen molar-refractivity contribution in [3.63, 3.8) is 0 Å². The molecule has 1 saturated carbocycles. The van der Waals surface area contributed by atoms with E-state index in [1.807, 2.05) is 25.1 Å². The predicted octanol–water partition coefficient (Wildman–Crippen LogP) is 1.82. The first kappa shape index (κ1) is 14.8. The lowest BCUT2D eigenvalue weighted by molar-refractivity contribution is -0.0942. The average molecular weight is 277 g/mol. The van der Waals surface area contributed by atoms with Gasteiger partial charge in [0.05, 0.1) is 17.4 Å². The molecule has 0 spiro atoms. The van der Waals surface area contributed by atoms with E-state index in [9.17, 15) is 4.79 Å². The van der Waals surface area contributed by atoms with Crippen LogP contribution in [0.25, 0.3) is 0 Å². The lowest BCUT2D eigenvalue weighted by atomic mass is 9.64. The molecule has 0 radical (unpaired) electrons. The second-order valence-electron chi connectivity index (χ2n) is 6.00. The highest BCUT2D eigenvalue weighted by atomic mass is 16.5. The van der Waals surface area contributed by atoms with E-state index in [0.29, 0.717) is 11.3 Å². The molecule has 2 atom stereocenters. The maximum absolute atomic E-state index is 12.4. The Morgan fingerprint density at radius 1 is 1.45 bits per heavy atom. The van der Waals surface area contributed by atoms with Gasteiger partial charge in [-0.3, -0.25) is 10.6 Å². The highest BCUT2D eigenvalue weighted by Gasteiger charge is 2.49. The van der Waals surface area contributed by atoms with Crippen LogP contribution in [0.3, 0.4) is 0 Å². The maximum atomic E-state index is 12.4. The molecule has 1 aromatic carbocycles. The molecule has 5 heteroatoms. The van der Waals surface area contributed by atoms with Crippen LogP contribution in [0.15, 0.2) is 18.2 Å². The second kappa shape index (κ2) is 5.42. The summed E-state index contributed by atoms with van der Waals surface area (Å²) in [5.41, 5.74) is 4.75. The van der Waals surface area contributed by atoms with Gasteiger partial charge in [-0.15, -0.1) is 0 Å². The summed E-state index contributed by atoms with van der Waals surface area (Å²) in [4.78, 5) is 12.4. The molecule has 1 fully saturated rings. The Morgan fingerprint density at radius 3 is 2.70 bits per heavy atom. The standard InChI is InChI=1S/C15H23N3O2/c1-9-5-6-11(18-16)10(7-9)14(19)17-12-8-13(20-4)15(12,2)3/h5-7,12-13,18H,8,16H2,1-4H3,(H,17,19). The van der Waals surface area contributed by atoms with Crippen LogP contribution in [0.5, 0.6) is 0 Å². The first-order valence-electron chi connectivity index (χ1n) is 6.81. The molecule has 0 aromatic heterocycles. The van der Waals surface area contributed by atoms with Crippen molar-refractivity contribution in [3.05, 3.63) is 29.3 Å². The molecule has 2 rings (SSSR count). The Balaban J connectivity index is 2.12.